The van der Waals surface area contributed by atoms with Crippen LogP contribution in [0.3, 0.4) is 0 Å². The van der Waals surface area contributed by atoms with Gasteiger partial charge in [-0.15, -0.1) is 0 Å². The molecule has 2 rings (SSSR count). The van der Waals surface area contributed by atoms with Crippen LogP contribution in [0, 0.1) is 12.3 Å². The van der Waals surface area contributed by atoms with Crippen molar-refractivity contribution in [3.63, 3.8) is 0 Å². The molecule has 0 atom stereocenters. The van der Waals surface area contributed by atoms with Crippen LogP contribution >= 0.6 is 15.9 Å². The molecule has 1 aliphatic heterocycles. The minimum Gasteiger partial charge on any atom is -0.398 e. The van der Waals surface area contributed by atoms with Crippen molar-refractivity contribution in [2.45, 2.75) is 33.6 Å². The Hall–Kier alpha value is -0.700. The fourth-order valence-electron chi connectivity index (χ4n) is 2.28. The summed E-state index contributed by atoms with van der Waals surface area (Å²) in [5.41, 5.74) is 9.71. The Labute approximate surface area is 112 Å². The zero-order chi connectivity index (χ0) is 12.6. The lowest BCUT2D eigenvalue weighted by molar-refractivity contribution is 0.279. The first kappa shape index (κ1) is 12.7. The number of nitrogen functional groups attached to an aromatic ring is 1. The van der Waals surface area contributed by atoms with E-state index >= 15 is 0 Å². The normalized spacial score (nSPS) is 19.4. The minimum absolute atomic E-state index is 0.492. The molecule has 0 aromatic heterocycles. The van der Waals surface area contributed by atoms with E-state index < -0.39 is 0 Å². The standard InChI is InChI=1S/C14H21BrN2/c1-10-8-13(11(15)9-12(10)16)17-6-4-14(2,3)5-7-17/h8-9H,4-7,16H2,1-3H3. The summed E-state index contributed by atoms with van der Waals surface area (Å²) in [6, 6.07) is 4.21. The number of aryl methyl sites for hydroxylation is 1. The van der Waals surface area contributed by atoms with Crippen molar-refractivity contribution in [1.82, 2.24) is 0 Å². The predicted octanol–water partition coefficient (Wildman–Crippen LogP) is 3.97. The average molecular weight is 297 g/mol. The molecule has 0 bridgehead atoms. The molecule has 1 heterocycles. The topological polar surface area (TPSA) is 29.3 Å². The van der Waals surface area contributed by atoms with Gasteiger partial charge >= 0.3 is 0 Å². The Balaban J connectivity index is 2.21. The second-order valence-corrected chi connectivity index (χ2v) is 6.67. The number of nitrogens with two attached hydrogens (primary N) is 1. The van der Waals surface area contributed by atoms with Crippen molar-refractivity contribution in [1.29, 1.82) is 0 Å². The zero-order valence-electron chi connectivity index (χ0n) is 10.9. The summed E-state index contributed by atoms with van der Waals surface area (Å²) >= 11 is 3.62. The van der Waals surface area contributed by atoms with Crippen LogP contribution in [0.1, 0.15) is 32.3 Å². The Morgan fingerprint density at radius 2 is 1.82 bits per heavy atom. The van der Waals surface area contributed by atoms with E-state index in [1.54, 1.807) is 0 Å². The predicted molar refractivity (Wildman–Crippen MR) is 78.5 cm³/mol. The van der Waals surface area contributed by atoms with Gasteiger partial charge in [0.25, 0.3) is 0 Å². The molecule has 3 heteroatoms. The van der Waals surface area contributed by atoms with Gasteiger partial charge in [-0.2, -0.15) is 0 Å². The van der Waals surface area contributed by atoms with Crippen molar-refractivity contribution in [2.24, 2.45) is 5.41 Å². The van der Waals surface area contributed by atoms with E-state index in [1.165, 1.54) is 18.5 Å². The monoisotopic (exact) mass is 296 g/mol. The lowest BCUT2D eigenvalue weighted by Gasteiger charge is -2.38. The van der Waals surface area contributed by atoms with Crippen molar-refractivity contribution in [3.05, 3.63) is 22.2 Å². The van der Waals surface area contributed by atoms with Gasteiger partial charge in [0.1, 0.15) is 0 Å². The maximum atomic E-state index is 5.91. The second kappa shape index (κ2) is 4.52. The van der Waals surface area contributed by atoms with Crippen LogP contribution in [-0.2, 0) is 0 Å². The van der Waals surface area contributed by atoms with E-state index in [9.17, 15) is 0 Å². The van der Waals surface area contributed by atoms with Crippen LogP contribution in [0.5, 0.6) is 0 Å². The van der Waals surface area contributed by atoms with Crippen molar-refractivity contribution < 1.29 is 0 Å². The molecule has 0 saturated carbocycles. The van der Waals surface area contributed by atoms with Crippen LogP contribution < -0.4 is 10.6 Å². The lowest BCUT2D eigenvalue weighted by Crippen LogP contribution is -2.37. The van der Waals surface area contributed by atoms with Gasteiger partial charge in [0.05, 0.1) is 5.69 Å². The van der Waals surface area contributed by atoms with Gasteiger partial charge in [0, 0.05) is 23.2 Å². The molecule has 2 nitrogen and oxygen atoms in total. The first-order chi connectivity index (χ1) is 7.89. The fraction of sp³-hybridized carbons (Fsp3) is 0.571. The molecule has 1 aliphatic rings. The molecule has 1 aromatic carbocycles. The Morgan fingerprint density at radius 1 is 1.24 bits per heavy atom. The summed E-state index contributed by atoms with van der Waals surface area (Å²) in [6.07, 6.45) is 2.51. The Morgan fingerprint density at radius 3 is 2.41 bits per heavy atom. The van der Waals surface area contributed by atoms with Crippen LogP contribution in [-0.4, -0.2) is 13.1 Å². The van der Waals surface area contributed by atoms with Gasteiger partial charge in [0.15, 0.2) is 0 Å². The van der Waals surface area contributed by atoms with Crippen LogP contribution in [0.15, 0.2) is 16.6 Å². The molecule has 1 fully saturated rings. The van der Waals surface area contributed by atoms with Crippen LogP contribution in [0.4, 0.5) is 11.4 Å². The number of hydrogen-bond donors (Lipinski definition) is 1. The fourth-order valence-corrected chi connectivity index (χ4v) is 2.89. The van der Waals surface area contributed by atoms with E-state index in [0.29, 0.717) is 5.41 Å². The maximum Gasteiger partial charge on any atom is 0.0514 e. The van der Waals surface area contributed by atoms with E-state index in [0.717, 1.165) is 28.8 Å². The second-order valence-electron chi connectivity index (χ2n) is 5.81. The highest BCUT2D eigenvalue weighted by Crippen LogP contribution is 2.36. The van der Waals surface area contributed by atoms with Crippen molar-refractivity contribution in [3.8, 4) is 0 Å². The molecule has 1 aromatic rings. The van der Waals surface area contributed by atoms with Crippen molar-refractivity contribution >= 4 is 27.3 Å². The summed E-state index contributed by atoms with van der Waals surface area (Å²) in [4.78, 5) is 2.46. The first-order valence-electron chi connectivity index (χ1n) is 6.20. The number of rotatable bonds is 1. The third kappa shape index (κ3) is 2.76. The number of anilines is 2. The van der Waals surface area contributed by atoms with Crippen LogP contribution in [0.2, 0.25) is 0 Å². The van der Waals surface area contributed by atoms with E-state index in [4.69, 9.17) is 5.73 Å². The van der Waals surface area contributed by atoms with E-state index in [2.05, 4.69) is 47.7 Å². The molecule has 0 unspecified atom stereocenters. The molecule has 2 N–H and O–H groups in total. The number of halogens is 1. The molecule has 0 spiro atoms. The number of hydrogen-bond acceptors (Lipinski definition) is 2. The molecule has 0 radical (unpaired) electrons. The highest BCUT2D eigenvalue weighted by atomic mass is 79.9. The third-order valence-electron chi connectivity index (χ3n) is 3.79. The molecule has 0 aliphatic carbocycles. The summed E-state index contributed by atoms with van der Waals surface area (Å²) in [5.74, 6) is 0. The summed E-state index contributed by atoms with van der Waals surface area (Å²) in [5, 5.41) is 0. The quantitative estimate of drug-likeness (QED) is 0.795. The van der Waals surface area contributed by atoms with Gasteiger partial charge in [-0.1, -0.05) is 13.8 Å². The van der Waals surface area contributed by atoms with Gasteiger partial charge in [-0.05, 0) is 58.8 Å². The number of benzene rings is 1. The largest absolute Gasteiger partial charge is 0.398 e. The van der Waals surface area contributed by atoms with Gasteiger partial charge in [-0.3, -0.25) is 0 Å². The molecule has 94 valence electrons. The average Bonchev–Trinajstić information content (AvgIpc) is 2.24. The molecule has 0 amide bonds. The summed E-state index contributed by atoms with van der Waals surface area (Å²) < 4.78 is 1.11. The summed E-state index contributed by atoms with van der Waals surface area (Å²) in [7, 11) is 0. The van der Waals surface area contributed by atoms with Gasteiger partial charge in [0.2, 0.25) is 0 Å². The van der Waals surface area contributed by atoms with Crippen molar-refractivity contribution in [2.75, 3.05) is 23.7 Å². The number of nitrogens with zero attached hydrogens (tertiary/aromatic N) is 1. The molecule has 1 saturated heterocycles. The minimum atomic E-state index is 0.492. The highest BCUT2D eigenvalue weighted by Gasteiger charge is 2.26. The summed E-state index contributed by atoms with van der Waals surface area (Å²) in [6.45, 7) is 9.05. The Bertz CT molecular complexity index is 416. The van der Waals surface area contributed by atoms with Crippen LogP contribution in [0.25, 0.3) is 0 Å². The maximum absolute atomic E-state index is 5.91. The molecular weight excluding hydrogens is 276 g/mol. The van der Waals surface area contributed by atoms with Gasteiger partial charge < -0.3 is 10.6 Å². The van der Waals surface area contributed by atoms with E-state index in [1.807, 2.05) is 6.07 Å². The lowest BCUT2D eigenvalue weighted by atomic mass is 9.82. The zero-order valence-corrected chi connectivity index (χ0v) is 12.5. The molecular formula is C14H21BrN2. The highest BCUT2D eigenvalue weighted by molar-refractivity contribution is 9.10. The number of piperidine rings is 1. The van der Waals surface area contributed by atoms with Gasteiger partial charge in [-0.25, -0.2) is 0 Å². The first-order valence-corrected chi connectivity index (χ1v) is 6.99. The third-order valence-corrected chi connectivity index (χ3v) is 4.43. The van der Waals surface area contributed by atoms with E-state index in [-0.39, 0.29) is 0 Å². The molecule has 17 heavy (non-hydrogen) atoms. The Kier molecular flexibility index (Phi) is 3.39. The smallest absolute Gasteiger partial charge is 0.0514 e. The SMILES string of the molecule is Cc1cc(N2CCC(C)(C)CC2)c(Br)cc1N.